The fourth-order valence-corrected chi connectivity index (χ4v) is 3.89. The molecule has 1 heterocycles. The van der Waals surface area contributed by atoms with E-state index in [2.05, 4.69) is 11.5 Å². The van der Waals surface area contributed by atoms with E-state index >= 15 is 0 Å². The lowest BCUT2D eigenvalue weighted by atomic mass is 9.87. The van der Waals surface area contributed by atoms with E-state index in [9.17, 15) is 14.6 Å². The first-order valence-corrected chi connectivity index (χ1v) is 10.2. The first-order valence-electron chi connectivity index (χ1n) is 10.2. The number of benzene rings is 2. The van der Waals surface area contributed by atoms with E-state index in [-0.39, 0.29) is 30.7 Å². The molecule has 3 rings (SSSR count). The number of aliphatic hydroxyl groups excluding tert-OH is 2. The summed E-state index contributed by atoms with van der Waals surface area (Å²) < 4.78 is 18.9. The summed E-state index contributed by atoms with van der Waals surface area (Å²) in [7, 11) is 0. The number of halogens is 2. The van der Waals surface area contributed by atoms with Crippen molar-refractivity contribution in [1.29, 1.82) is 0 Å². The highest BCUT2D eigenvalue weighted by atomic mass is 35.5. The van der Waals surface area contributed by atoms with Gasteiger partial charge in [0.15, 0.2) is 0 Å². The Balaban J connectivity index is 0.00000320. The van der Waals surface area contributed by atoms with Gasteiger partial charge < -0.3 is 19.8 Å². The van der Waals surface area contributed by atoms with Gasteiger partial charge in [-0.15, -0.1) is 19.0 Å². The summed E-state index contributed by atoms with van der Waals surface area (Å²) >= 11 is 0. The van der Waals surface area contributed by atoms with Crippen molar-refractivity contribution in [2.24, 2.45) is 5.92 Å². The largest absolute Gasteiger partial charge is 0.491 e. The van der Waals surface area contributed by atoms with Crippen molar-refractivity contribution in [3.63, 3.8) is 0 Å². The third-order valence-corrected chi connectivity index (χ3v) is 5.53. The molecule has 0 amide bonds. The molecule has 4 nitrogen and oxygen atoms in total. The zero-order valence-electron chi connectivity index (χ0n) is 17.1. The predicted molar refractivity (Wildman–Crippen MR) is 120 cm³/mol. The van der Waals surface area contributed by atoms with Crippen molar-refractivity contribution in [3.8, 4) is 5.75 Å². The Kier molecular flexibility index (Phi) is 9.79. The Labute approximate surface area is 184 Å². The van der Waals surface area contributed by atoms with Gasteiger partial charge in [0.05, 0.1) is 6.10 Å². The summed E-state index contributed by atoms with van der Waals surface area (Å²) in [6.07, 6.45) is 3.10. The Morgan fingerprint density at radius 2 is 1.77 bits per heavy atom. The number of aliphatic hydroxyl groups is 2. The van der Waals surface area contributed by atoms with E-state index < -0.39 is 12.2 Å². The fourth-order valence-electron chi connectivity index (χ4n) is 3.89. The molecular formula is C24H31ClFNO3. The molecule has 0 aliphatic carbocycles. The lowest BCUT2D eigenvalue weighted by Crippen LogP contribution is -2.41. The second-order valence-electron chi connectivity index (χ2n) is 7.70. The number of nitrogens with zero attached hydrogens (tertiary/aromatic N) is 1. The van der Waals surface area contributed by atoms with Gasteiger partial charge in [0, 0.05) is 6.54 Å². The third kappa shape index (κ3) is 6.81. The summed E-state index contributed by atoms with van der Waals surface area (Å²) in [5.41, 5.74) is 1.82. The van der Waals surface area contributed by atoms with Crippen molar-refractivity contribution < 1.29 is 19.3 Å². The maximum atomic E-state index is 13.1. The quantitative estimate of drug-likeness (QED) is 0.581. The van der Waals surface area contributed by atoms with E-state index in [1.165, 1.54) is 12.1 Å². The van der Waals surface area contributed by atoms with Gasteiger partial charge in [0.1, 0.15) is 24.3 Å². The van der Waals surface area contributed by atoms with Gasteiger partial charge in [-0.1, -0.05) is 36.4 Å². The molecule has 0 saturated carbocycles. The van der Waals surface area contributed by atoms with Crippen LogP contribution in [0.2, 0.25) is 0 Å². The van der Waals surface area contributed by atoms with E-state index in [4.69, 9.17) is 4.74 Å². The Morgan fingerprint density at radius 3 is 2.43 bits per heavy atom. The summed E-state index contributed by atoms with van der Waals surface area (Å²) in [6, 6.07) is 13.9. The van der Waals surface area contributed by atoms with E-state index in [0.717, 1.165) is 49.2 Å². The van der Waals surface area contributed by atoms with Crippen molar-refractivity contribution in [2.75, 3.05) is 26.2 Å². The van der Waals surface area contributed by atoms with Crippen LogP contribution in [0.3, 0.4) is 0 Å². The van der Waals surface area contributed by atoms with Crippen molar-refractivity contribution in [2.45, 2.75) is 31.5 Å². The first-order chi connectivity index (χ1) is 14.1. The number of rotatable bonds is 9. The second-order valence-corrected chi connectivity index (χ2v) is 7.70. The Hall–Kier alpha value is -1.92. The molecule has 1 saturated heterocycles. The van der Waals surface area contributed by atoms with Crippen LogP contribution in [0, 0.1) is 11.7 Å². The van der Waals surface area contributed by atoms with Crippen LogP contribution in [0.5, 0.6) is 5.75 Å². The zero-order chi connectivity index (χ0) is 20.6. The van der Waals surface area contributed by atoms with Crippen molar-refractivity contribution in [3.05, 3.63) is 78.1 Å². The molecule has 0 spiro atoms. The van der Waals surface area contributed by atoms with Gasteiger partial charge in [0.25, 0.3) is 0 Å². The van der Waals surface area contributed by atoms with Crippen molar-refractivity contribution in [1.82, 2.24) is 4.90 Å². The number of piperidine rings is 1. The first kappa shape index (κ1) is 24.4. The lowest BCUT2D eigenvalue weighted by Gasteiger charge is -2.35. The van der Waals surface area contributed by atoms with E-state index in [0.29, 0.717) is 6.54 Å². The molecule has 0 radical (unpaired) electrons. The van der Waals surface area contributed by atoms with Gasteiger partial charge in [-0.3, -0.25) is 0 Å². The zero-order valence-corrected chi connectivity index (χ0v) is 17.9. The van der Waals surface area contributed by atoms with E-state index in [1.54, 1.807) is 12.1 Å². The van der Waals surface area contributed by atoms with Crippen LogP contribution >= 0.6 is 12.4 Å². The molecule has 6 heteroatoms. The molecule has 0 aromatic heterocycles. The molecule has 30 heavy (non-hydrogen) atoms. The minimum absolute atomic E-state index is 0. The normalized spacial score (nSPS) is 17.0. The Morgan fingerprint density at radius 1 is 1.10 bits per heavy atom. The van der Waals surface area contributed by atoms with Crippen LogP contribution in [-0.2, 0) is 6.42 Å². The van der Waals surface area contributed by atoms with Crippen LogP contribution in [0.15, 0.2) is 61.2 Å². The number of allylic oxidation sites excluding steroid dienone is 1. The number of para-hydroxylation sites is 1. The second kappa shape index (κ2) is 12.1. The monoisotopic (exact) mass is 435 g/mol. The molecule has 164 valence electrons. The molecule has 2 atom stereocenters. The summed E-state index contributed by atoms with van der Waals surface area (Å²) in [6.45, 7) is 6.18. The average molecular weight is 436 g/mol. The lowest BCUT2D eigenvalue weighted by molar-refractivity contribution is 0.0277. The fraction of sp³-hybridized carbons (Fsp3) is 0.417. The highest BCUT2D eigenvalue weighted by Crippen LogP contribution is 2.30. The van der Waals surface area contributed by atoms with Crippen molar-refractivity contribution >= 4 is 12.4 Å². The topological polar surface area (TPSA) is 52.9 Å². The number of ether oxygens (including phenoxy) is 1. The third-order valence-electron chi connectivity index (χ3n) is 5.53. The van der Waals surface area contributed by atoms with Gasteiger partial charge in [-0.25, -0.2) is 4.39 Å². The minimum atomic E-state index is -0.578. The molecule has 2 unspecified atom stereocenters. The van der Waals surface area contributed by atoms with Gasteiger partial charge in [0.2, 0.25) is 0 Å². The van der Waals surface area contributed by atoms with Gasteiger partial charge >= 0.3 is 0 Å². The molecule has 1 fully saturated rings. The van der Waals surface area contributed by atoms with Crippen LogP contribution in [-0.4, -0.2) is 47.5 Å². The van der Waals surface area contributed by atoms with Crippen LogP contribution in [0.25, 0.3) is 0 Å². The number of hydrogen-bond acceptors (Lipinski definition) is 4. The molecule has 2 N–H and O–H groups in total. The molecule has 1 aliphatic heterocycles. The summed E-state index contributed by atoms with van der Waals surface area (Å²) in [5.74, 6) is 0.641. The minimum Gasteiger partial charge on any atom is -0.491 e. The highest BCUT2D eigenvalue weighted by Gasteiger charge is 2.27. The molecule has 1 aliphatic rings. The molecular weight excluding hydrogens is 405 g/mol. The number of β-amino-alcohol motifs (C(OH)–C–C–N with tert-alkyl or cyclic N) is 1. The predicted octanol–water partition coefficient (Wildman–Crippen LogP) is 4.16. The molecule has 2 aromatic rings. The highest BCUT2D eigenvalue weighted by molar-refractivity contribution is 5.85. The van der Waals surface area contributed by atoms with Crippen LogP contribution < -0.4 is 4.74 Å². The van der Waals surface area contributed by atoms with Gasteiger partial charge in [-0.05, 0) is 67.6 Å². The van der Waals surface area contributed by atoms with E-state index in [1.807, 2.05) is 30.3 Å². The van der Waals surface area contributed by atoms with Crippen LogP contribution in [0.4, 0.5) is 4.39 Å². The maximum Gasteiger partial charge on any atom is 0.123 e. The molecule has 2 aromatic carbocycles. The van der Waals surface area contributed by atoms with Gasteiger partial charge in [-0.2, -0.15) is 0 Å². The number of likely N-dealkylation sites (tertiary alicyclic amines) is 1. The maximum absolute atomic E-state index is 13.1. The average Bonchev–Trinajstić information content (AvgIpc) is 2.74. The summed E-state index contributed by atoms with van der Waals surface area (Å²) in [5, 5.41) is 21.0. The standard InChI is InChI=1S/C24H30FNO3.ClH/c1-2-5-18-6-3-4-7-23(18)29-17-22(27)16-26-14-12-20(13-15-26)24(28)19-8-10-21(25)11-9-19;/h2-4,6-11,20,22,24,27-28H,1,5,12-17H2;1H. The molecule has 0 bridgehead atoms. The van der Waals surface area contributed by atoms with Crippen LogP contribution in [0.1, 0.15) is 30.1 Å². The SMILES string of the molecule is C=CCc1ccccc1OCC(O)CN1CCC(C(O)c2ccc(F)cc2)CC1.Cl. The summed E-state index contributed by atoms with van der Waals surface area (Å²) in [4.78, 5) is 2.21. The number of hydrogen-bond donors (Lipinski definition) is 2. The Bertz CT molecular complexity index is 778. The smallest absolute Gasteiger partial charge is 0.123 e.